The lowest BCUT2D eigenvalue weighted by Crippen LogP contribution is -2.23. The molecule has 1 saturated carbocycles. The van der Waals surface area contributed by atoms with Crippen molar-refractivity contribution >= 4 is 23.1 Å². The molecule has 5 rings (SSSR count). The molecule has 0 aliphatic heterocycles. The van der Waals surface area contributed by atoms with Gasteiger partial charge >= 0.3 is 0 Å². The van der Waals surface area contributed by atoms with Crippen molar-refractivity contribution in [1.82, 2.24) is 14.7 Å². The summed E-state index contributed by atoms with van der Waals surface area (Å²) >= 11 is 0. The average molecular weight is 482 g/mol. The van der Waals surface area contributed by atoms with E-state index in [1.54, 1.807) is 0 Å². The van der Waals surface area contributed by atoms with E-state index < -0.39 is 0 Å². The summed E-state index contributed by atoms with van der Waals surface area (Å²) in [5.41, 5.74) is 13.7. The molecular formula is C30H35N5O. The molecule has 0 saturated heterocycles. The third-order valence-corrected chi connectivity index (χ3v) is 7.32. The molecule has 2 aromatic heterocycles. The summed E-state index contributed by atoms with van der Waals surface area (Å²) in [7, 11) is 0. The van der Waals surface area contributed by atoms with E-state index in [-0.39, 0.29) is 5.91 Å². The number of imidazole rings is 1. The van der Waals surface area contributed by atoms with Gasteiger partial charge in [-0.15, -0.1) is 0 Å². The third-order valence-electron chi connectivity index (χ3n) is 7.32. The molecule has 1 fully saturated rings. The zero-order valence-electron chi connectivity index (χ0n) is 21.2. The molecule has 1 aliphatic rings. The first-order valence-corrected chi connectivity index (χ1v) is 13.0. The molecule has 36 heavy (non-hydrogen) atoms. The molecular weight excluding hydrogens is 446 g/mol. The van der Waals surface area contributed by atoms with Crippen molar-refractivity contribution in [3.8, 4) is 0 Å². The Morgan fingerprint density at radius 2 is 1.72 bits per heavy atom. The van der Waals surface area contributed by atoms with Crippen LogP contribution in [0.15, 0.2) is 60.8 Å². The number of carbonyl (C=O) groups excluding carboxylic acids is 1. The molecule has 2 heterocycles. The second-order valence-corrected chi connectivity index (χ2v) is 9.89. The maximum atomic E-state index is 13.3. The van der Waals surface area contributed by atoms with Gasteiger partial charge in [-0.25, -0.2) is 4.98 Å². The van der Waals surface area contributed by atoms with Crippen molar-refractivity contribution in [1.29, 1.82) is 0 Å². The van der Waals surface area contributed by atoms with E-state index >= 15 is 0 Å². The highest BCUT2D eigenvalue weighted by atomic mass is 16.1. The molecule has 0 bridgehead atoms. The normalized spacial score (nSPS) is 14.2. The second kappa shape index (κ2) is 10.5. The molecule has 0 radical (unpaired) electrons. The van der Waals surface area contributed by atoms with Crippen molar-refractivity contribution in [3.63, 3.8) is 0 Å². The molecule has 1 aliphatic carbocycles. The van der Waals surface area contributed by atoms with E-state index in [1.165, 1.54) is 30.4 Å². The predicted octanol–water partition coefficient (Wildman–Crippen LogP) is 6.13. The van der Waals surface area contributed by atoms with Gasteiger partial charge in [0, 0.05) is 30.9 Å². The van der Waals surface area contributed by atoms with Gasteiger partial charge in [-0.1, -0.05) is 61.7 Å². The number of anilines is 2. The van der Waals surface area contributed by atoms with Gasteiger partial charge in [0.25, 0.3) is 5.91 Å². The quantitative estimate of drug-likeness (QED) is 0.296. The number of nitrogens with one attached hydrogen (secondary N) is 2. The number of hydrogen-bond acceptors (Lipinski definition) is 4. The van der Waals surface area contributed by atoms with Gasteiger partial charge < -0.3 is 16.4 Å². The first-order valence-electron chi connectivity index (χ1n) is 13.0. The number of fused-ring (bicyclic) bond motifs is 1. The van der Waals surface area contributed by atoms with Gasteiger partial charge in [0.2, 0.25) is 0 Å². The Balaban J connectivity index is 1.52. The lowest BCUT2D eigenvalue weighted by atomic mass is 9.87. The highest BCUT2D eigenvalue weighted by Gasteiger charge is 2.26. The van der Waals surface area contributed by atoms with Crippen LogP contribution >= 0.6 is 0 Å². The van der Waals surface area contributed by atoms with Crippen molar-refractivity contribution in [3.05, 3.63) is 94.3 Å². The molecule has 1 amide bonds. The Kier molecular flexibility index (Phi) is 7.05. The van der Waals surface area contributed by atoms with Crippen LogP contribution in [-0.4, -0.2) is 15.3 Å². The van der Waals surface area contributed by atoms with Gasteiger partial charge in [-0.05, 0) is 61.1 Å². The van der Waals surface area contributed by atoms with E-state index in [2.05, 4.69) is 47.1 Å². The van der Waals surface area contributed by atoms with Gasteiger partial charge in [0.15, 0.2) is 5.65 Å². The van der Waals surface area contributed by atoms with E-state index in [0.717, 1.165) is 41.2 Å². The van der Waals surface area contributed by atoms with E-state index in [9.17, 15) is 4.79 Å². The van der Waals surface area contributed by atoms with E-state index in [1.807, 2.05) is 42.6 Å². The van der Waals surface area contributed by atoms with Gasteiger partial charge in [0.1, 0.15) is 5.82 Å². The number of para-hydroxylation sites is 1. The Morgan fingerprint density at radius 3 is 2.47 bits per heavy atom. The van der Waals surface area contributed by atoms with Crippen LogP contribution in [0.4, 0.5) is 11.5 Å². The maximum absolute atomic E-state index is 13.3. The zero-order chi connectivity index (χ0) is 25.1. The van der Waals surface area contributed by atoms with Crippen LogP contribution in [-0.2, 0) is 13.1 Å². The number of nitrogens with zero attached hydrogens (tertiary/aromatic N) is 2. The summed E-state index contributed by atoms with van der Waals surface area (Å²) in [6.45, 7) is 5.17. The summed E-state index contributed by atoms with van der Waals surface area (Å²) in [6, 6.07) is 18.1. The topological polar surface area (TPSA) is 84.5 Å². The molecule has 4 aromatic rings. The number of amides is 1. The summed E-state index contributed by atoms with van der Waals surface area (Å²) < 4.78 is 2.06. The number of benzene rings is 2. The lowest BCUT2D eigenvalue weighted by Gasteiger charge is -2.22. The Hall–Kier alpha value is -3.64. The number of rotatable bonds is 7. The minimum atomic E-state index is -0.127. The molecule has 6 nitrogen and oxygen atoms in total. The Morgan fingerprint density at radius 1 is 1.00 bits per heavy atom. The molecule has 2 aromatic carbocycles. The molecule has 6 heteroatoms. The molecule has 4 N–H and O–H groups in total. The highest BCUT2D eigenvalue weighted by Crippen LogP contribution is 2.38. The van der Waals surface area contributed by atoms with Crippen LogP contribution in [0.25, 0.3) is 5.65 Å². The maximum Gasteiger partial charge on any atom is 0.255 e. The van der Waals surface area contributed by atoms with Crippen molar-refractivity contribution in [2.24, 2.45) is 5.73 Å². The van der Waals surface area contributed by atoms with Gasteiger partial charge in [0.05, 0.1) is 11.3 Å². The number of hydrogen-bond donors (Lipinski definition) is 3. The SMILES string of the molecule is Cc1cccc(C)c1Nc1c(C2CCCCC2)nc2c(C(=O)NCc3cccc(CN)c3)cccn12. The van der Waals surface area contributed by atoms with Crippen LogP contribution < -0.4 is 16.4 Å². The molecule has 0 atom stereocenters. The van der Waals surface area contributed by atoms with Crippen LogP contribution in [0.3, 0.4) is 0 Å². The number of aromatic nitrogens is 2. The predicted molar refractivity (Wildman–Crippen MR) is 146 cm³/mol. The first-order chi connectivity index (χ1) is 17.5. The van der Waals surface area contributed by atoms with Crippen molar-refractivity contribution in [2.45, 2.75) is 65.0 Å². The van der Waals surface area contributed by atoms with Gasteiger partial charge in [-0.2, -0.15) is 0 Å². The number of pyridine rings is 1. The minimum absolute atomic E-state index is 0.127. The van der Waals surface area contributed by atoms with Crippen molar-refractivity contribution in [2.75, 3.05) is 5.32 Å². The fourth-order valence-electron chi connectivity index (χ4n) is 5.32. The lowest BCUT2D eigenvalue weighted by molar-refractivity contribution is 0.0952. The standard InChI is InChI=1S/C30H35N5O/c1-20-9-6-10-21(2)26(20)33-29-27(24-13-4-3-5-14-24)34-28-25(15-8-16-35(28)29)30(36)32-19-23-12-7-11-22(17-23)18-31/h6-12,15-17,24,33H,3-5,13-14,18-19,31H2,1-2H3,(H,32,36). The second-order valence-electron chi connectivity index (χ2n) is 9.89. The summed E-state index contributed by atoms with van der Waals surface area (Å²) in [4.78, 5) is 18.5. The van der Waals surface area contributed by atoms with Crippen LogP contribution in [0.5, 0.6) is 0 Å². The Bertz CT molecular complexity index is 1360. The van der Waals surface area contributed by atoms with Crippen LogP contribution in [0.2, 0.25) is 0 Å². The minimum Gasteiger partial charge on any atom is -0.348 e. The summed E-state index contributed by atoms with van der Waals surface area (Å²) in [6.07, 6.45) is 7.98. The third kappa shape index (κ3) is 4.86. The van der Waals surface area contributed by atoms with E-state index in [0.29, 0.717) is 30.2 Å². The fourth-order valence-corrected chi connectivity index (χ4v) is 5.32. The monoisotopic (exact) mass is 481 g/mol. The number of nitrogens with two attached hydrogens (primary N) is 1. The average Bonchev–Trinajstić information content (AvgIpc) is 3.28. The van der Waals surface area contributed by atoms with E-state index in [4.69, 9.17) is 10.7 Å². The largest absolute Gasteiger partial charge is 0.348 e. The van der Waals surface area contributed by atoms with Gasteiger partial charge in [-0.3, -0.25) is 9.20 Å². The zero-order valence-corrected chi connectivity index (χ0v) is 21.2. The van der Waals surface area contributed by atoms with Crippen LogP contribution in [0, 0.1) is 13.8 Å². The molecule has 186 valence electrons. The van der Waals surface area contributed by atoms with Crippen molar-refractivity contribution < 1.29 is 4.79 Å². The first kappa shape index (κ1) is 24.1. The number of aryl methyl sites for hydroxylation is 2. The molecule has 0 spiro atoms. The fraction of sp³-hybridized carbons (Fsp3) is 0.333. The summed E-state index contributed by atoms with van der Waals surface area (Å²) in [5.74, 6) is 1.23. The Labute approximate surface area is 212 Å². The molecule has 0 unspecified atom stereocenters. The highest BCUT2D eigenvalue weighted by molar-refractivity contribution is 6.00. The smallest absolute Gasteiger partial charge is 0.255 e. The summed E-state index contributed by atoms with van der Waals surface area (Å²) in [5, 5.41) is 6.80. The van der Waals surface area contributed by atoms with Crippen LogP contribution in [0.1, 0.15) is 76.3 Å². The number of carbonyl (C=O) groups is 1.